The van der Waals surface area contributed by atoms with Gasteiger partial charge < -0.3 is 15.3 Å². The van der Waals surface area contributed by atoms with E-state index in [4.69, 9.17) is 4.98 Å². The highest BCUT2D eigenvalue weighted by molar-refractivity contribution is 5.94. The third-order valence-electron chi connectivity index (χ3n) is 6.11. The number of rotatable bonds is 5. The largest absolute Gasteiger partial charge is 0.478 e. The van der Waals surface area contributed by atoms with E-state index < -0.39 is 5.97 Å². The van der Waals surface area contributed by atoms with Crippen molar-refractivity contribution in [3.05, 3.63) is 101 Å². The number of fused-ring (bicyclic) bond motifs is 2. The molecule has 2 heterocycles. The lowest BCUT2D eigenvalue weighted by Crippen LogP contribution is -2.16. The molecule has 1 aliphatic rings. The van der Waals surface area contributed by atoms with Gasteiger partial charge in [0.2, 0.25) is 0 Å². The van der Waals surface area contributed by atoms with Crippen molar-refractivity contribution in [2.24, 2.45) is 0 Å². The maximum Gasteiger partial charge on any atom is 0.337 e. The van der Waals surface area contributed by atoms with Crippen LogP contribution in [0.3, 0.4) is 0 Å². The van der Waals surface area contributed by atoms with Crippen molar-refractivity contribution in [2.75, 3.05) is 10.2 Å². The molecule has 3 aromatic carbocycles. The normalized spacial score (nSPS) is 13.8. The molecule has 0 unspecified atom stereocenters. The van der Waals surface area contributed by atoms with Crippen LogP contribution in [0.25, 0.3) is 10.9 Å². The number of carbonyl (C=O) groups is 1. The van der Waals surface area contributed by atoms with Crippen molar-refractivity contribution in [3.8, 4) is 0 Å². The van der Waals surface area contributed by atoms with Crippen molar-refractivity contribution < 1.29 is 9.90 Å². The van der Waals surface area contributed by atoms with Crippen molar-refractivity contribution >= 4 is 28.4 Å². The van der Waals surface area contributed by atoms with Crippen LogP contribution in [0.1, 0.15) is 45.6 Å². The Balaban J connectivity index is 1.52. The highest BCUT2D eigenvalue weighted by atomic mass is 16.4. The number of carboxylic acid groups (broad SMARTS) is 1. The van der Waals surface area contributed by atoms with Crippen molar-refractivity contribution in [1.29, 1.82) is 0 Å². The number of para-hydroxylation sites is 1. The second-order valence-electron chi connectivity index (χ2n) is 8.44. The number of carboxylic acids is 1. The molecule has 5 heteroatoms. The van der Waals surface area contributed by atoms with Gasteiger partial charge in [-0.05, 0) is 55.3 Å². The van der Waals surface area contributed by atoms with Crippen LogP contribution in [-0.4, -0.2) is 16.1 Å². The second kappa shape index (κ2) is 8.00. The number of anilines is 2. The van der Waals surface area contributed by atoms with E-state index in [9.17, 15) is 9.90 Å². The van der Waals surface area contributed by atoms with Gasteiger partial charge in [-0.15, -0.1) is 0 Å². The van der Waals surface area contributed by atoms with E-state index in [0.29, 0.717) is 5.69 Å². The fourth-order valence-electron chi connectivity index (χ4n) is 4.52. The highest BCUT2D eigenvalue weighted by Crippen LogP contribution is 2.32. The van der Waals surface area contributed by atoms with E-state index in [1.807, 2.05) is 13.0 Å². The first-order valence-electron chi connectivity index (χ1n) is 10.8. The van der Waals surface area contributed by atoms with Gasteiger partial charge in [-0.3, -0.25) is 0 Å². The third kappa shape index (κ3) is 3.66. The number of aromatic carboxylic acids is 1. The average molecular weight is 424 g/mol. The maximum absolute atomic E-state index is 11.6. The average Bonchev–Trinajstić information content (AvgIpc) is 3.22. The molecule has 0 saturated heterocycles. The number of aryl methyl sites for hydroxylation is 1. The number of pyridine rings is 1. The van der Waals surface area contributed by atoms with E-state index in [0.717, 1.165) is 40.9 Å². The zero-order valence-electron chi connectivity index (χ0n) is 18.2. The van der Waals surface area contributed by atoms with Crippen molar-refractivity contribution in [1.82, 2.24) is 4.98 Å². The third-order valence-corrected chi connectivity index (χ3v) is 6.11. The molecule has 4 aromatic rings. The first-order valence-corrected chi connectivity index (χ1v) is 10.8. The fraction of sp³-hybridized carbons (Fsp3) is 0.185. The van der Waals surface area contributed by atoms with Crippen LogP contribution in [0.5, 0.6) is 0 Å². The van der Waals surface area contributed by atoms with Crippen LogP contribution in [0.4, 0.5) is 11.5 Å². The lowest BCUT2D eigenvalue weighted by molar-refractivity contribution is 0.0698. The standard InChI is InChI=1S/C27H25N3O2/c1-17-13-19-11-12-25(30-15-20-7-3-4-8-21(20)16-30)29-26(19)23(14-17)18(2)28-24-10-6-5-9-22(24)27(31)32/h3-14,18,28H,15-16H2,1-2H3,(H,31,32)/t18-/m1/s1. The predicted octanol–water partition coefficient (Wildman–Crippen LogP) is 5.93. The number of nitrogens with one attached hydrogen (secondary N) is 1. The first-order chi connectivity index (χ1) is 15.5. The van der Waals surface area contributed by atoms with Crippen LogP contribution in [0, 0.1) is 6.92 Å². The molecule has 1 aliphatic heterocycles. The molecule has 0 aliphatic carbocycles. The summed E-state index contributed by atoms with van der Waals surface area (Å²) in [4.78, 5) is 19.0. The SMILES string of the molecule is Cc1cc([C@@H](C)Nc2ccccc2C(=O)O)c2nc(N3Cc4ccccc4C3)ccc2c1. The van der Waals surface area contributed by atoms with Gasteiger partial charge in [-0.1, -0.05) is 48.0 Å². The number of benzene rings is 3. The summed E-state index contributed by atoms with van der Waals surface area (Å²) in [5.41, 5.74) is 6.71. The molecule has 0 saturated carbocycles. The van der Waals surface area contributed by atoms with Crippen LogP contribution < -0.4 is 10.2 Å². The Labute approximate surface area is 187 Å². The molecule has 0 fully saturated rings. The van der Waals surface area contributed by atoms with E-state index in [2.05, 4.69) is 65.7 Å². The van der Waals surface area contributed by atoms with Gasteiger partial charge in [0.15, 0.2) is 0 Å². The number of nitrogens with zero attached hydrogens (tertiary/aromatic N) is 2. The van der Waals surface area contributed by atoms with Gasteiger partial charge in [-0.25, -0.2) is 9.78 Å². The van der Waals surface area contributed by atoms with Crippen LogP contribution in [0.15, 0.2) is 72.8 Å². The summed E-state index contributed by atoms with van der Waals surface area (Å²) in [7, 11) is 0. The monoisotopic (exact) mass is 423 g/mol. The van der Waals surface area contributed by atoms with Crippen molar-refractivity contribution in [2.45, 2.75) is 33.0 Å². The highest BCUT2D eigenvalue weighted by Gasteiger charge is 2.21. The fourth-order valence-corrected chi connectivity index (χ4v) is 4.52. The summed E-state index contributed by atoms with van der Waals surface area (Å²) in [5.74, 6) is 0.0142. The molecular formula is C27H25N3O2. The summed E-state index contributed by atoms with van der Waals surface area (Å²) in [5, 5.41) is 14.0. The summed E-state index contributed by atoms with van der Waals surface area (Å²) < 4.78 is 0. The molecular weight excluding hydrogens is 398 g/mol. The quantitative estimate of drug-likeness (QED) is 0.416. The van der Waals surface area contributed by atoms with E-state index in [-0.39, 0.29) is 11.6 Å². The summed E-state index contributed by atoms with van der Waals surface area (Å²) in [6.45, 7) is 5.84. The van der Waals surface area contributed by atoms with Gasteiger partial charge in [0, 0.05) is 29.7 Å². The van der Waals surface area contributed by atoms with Gasteiger partial charge in [0.05, 0.1) is 17.1 Å². The Morgan fingerprint density at radius 3 is 2.41 bits per heavy atom. The second-order valence-corrected chi connectivity index (χ2v) is 8.44. The molecule has 0 spiro atoms. The van der Waals surface area contributed by atoms with Gasteiger partial charge >= 0.3 is 5.97 Å². The number of hydrogen-bond donors (Lipinski definition) is 2. The van der Waals surface area contributed by atoms with E-state index in [1.54, 1.807) is 18.2 Å². The zero-order valence-corrected chi connectivity index (χ0v) is 18.2. The molecule has 0 radical (unpaired) electrons. The predicted molar refractivity (Wildman–Crippen MR) is 128 cm³/mol. The number of aromatic nitrogens is 1. The molecule has 0 amide bonds. The van der Waals surface area contributed by atoms with Gasteiger partial charge in [0.1, 0.15) is 5.82 Å². The molecule has 5 rings (SSSR count). The Hall–Kier alpha value is -3.86. The zero-order chi connectivity index (χ0) is 22.2. The number of hydrogen-bond acceptors (Lipinski definition) is 4. The van der Waals surface area contributed by atoms with E-state index >= 15 is 0 Å². The first kappa shape index (κ1) is 20.1. The minimum atomic E-state index is -0.941. The Morgan fingerprint density at radius 1 is 1.00 bits per heavy atom. The van der Waals surface area contributed by atoms with Gasteiger partial charge in [-0.2, -0.15) is 0 Å². The molecule has 32 heavy (non-hydrogen) atoms. The summed E-state index contributed by atoms with van der Waals surface area (Å²) >= 11 is 0. The summed E-state index contributed by atoms with van der Waals surface area (Å²) in [6, 6.07) is 23.9. The van der Waals surface area contributed by atoms with Crippen LogP contribution >= 0.6 is 0 Å². The topological polar surface area (TPSA) is 65.5 Å². The van der Waals surface area contributed by atoms with Crippen LogP contribution in [0.2, 0.25) is 0 Å². The minimum Gasteiger partial charge on any atom is -0.478 e. The molecule has 1 atom stereocenters. The smallest absolute Gasteiger partial charge is 0.337 e. The minimum absolute atomic E-state index is 0.114. The molecule has 160 valence electrons. The molecule has 2 N–H and O–H groups in total. The lowest BCUT2D eigenvalue weighted by atomic mass is 10.00. The Kier molecular flexibility index (Phi) is 5.02. The Morgan fingerprint density at radius 2 is 1.69 bits per heavy atom. The van der Waals surface area contributed by atoms with Gasteiger partial charge in [0.25, 0.3) is 0 Å². The maximum atomic E-state index is 11.6. The van der Waals surface area contributed by atoms with E-state index in [1.165, 1.54) is 11.1 Å². The van der Waals surface area contributed by atoms with Crippen LogP contribution in [-0.2, 0) is 13.1 Å². The van der Waals surface area contributed by atoms with Crippen molar-refractivity contribution in [3.63, 3.8) is 0 Å². The summed E-state index contributed by atoms with van der Waals surface area (Å²) in [6.07, 6.45) is 0. The molecule has 1 aromatic heterocycles. The molecule has 0 bridgehead atoms. The Bertz CT molecular complexity index is 1310. The molecule has 5 nitrogen and oxygen atoms in total. The lowest BCUT2D eigenvalue weighted by Gasteiger charge is -2.21.